The molecule has 0 spiro atoms. The van der Waals surface area contributed by atoms with Gasteiger partial charge in [-0.15, -0.1) is 0 Å². The zero-order valence-corrected chi connectivity index (χ0v) is 10.4. The summed E-state index contributed by atoms with van der Waals surface area (Å²) >= 11 is 0. The summed E-state index contributed by atoms with van der Waals surface area (Å²) in [4.78, 5) is 9.45. The lowest BCUT2D eigenvalue weighted by molar-refractivity contribution is -0.138. The molecule has 106 valence electrons. The lowest BCUT2D eigenvalue weighted by atomic mass is 9.94. The fourth-order valence-electron chi connectivity index (χ4n) is 2.24. The standard InChI is InChI=1S/C12H16F3N3O/c13-12(14,15)10-7-16-11(17-8-10)18-4-1-9(2-5-18)3-6-19/h7-9,19H,1-6H2. The van der Waals surface area contributed by atoms with Crippen LogP contribution in [0, 0.1) is 5.92 Å². The first-order valence-electron chi connectivity index (χ1n) is 6.25. The number of aliphatic hydroxyl groups is 1. The van der Waals surface area contributed by atoms with E-state index in [4.69, 9.17) is 5.11 Å². The summed E-state index contributed by atoms with van der Waals surface area (Å²) in [5.41, 5.74) is -0.827. The van der Waals surface area contributed by atoms with Gasteiger partial charge in [-0.25, -0.2) is 9.97 Å². The second kappa shape index (κ2) is 5.73. The Morgan fingerprint density at radius 2 is 1.79 bits per heavy atom. The number of aliphatic hydroxyl groups excluding tert-OH is 1. The number of nitrogens with zero attached hydrogens (tertiary/aromatic N) is 3. The van der Waals surface area contributed by atoms with Crippen LogP contribution in [-0.2, 0) is 6.18 Å². The summed E-state index contributed by atoms with van der Waals surface area (Å²) in [5, 5.41) is 8.86. The Labute approximate surface area is 109 Å². The predicted octanol–water partition coefficient (Wildman–Crippen LogP) is 2.09. The molecule has 1 aliphatic rings. The second-order valence-electron chi connectivity index (χ2n) is 4.71. The number of rotatable bonds is 3. The van der Waals surface area contributed by atoms with Gasteiger partial charge in [0.1, 0.15) is 0 Å². The van der Waals surface area contributed by atoms with Crippen LogP contribution in [0.5, 0.6) is 0 Å². The van der Waals surface area contributed by atoms with Crippen LogP contribution < -0.4 is 4.90 Å². The number of piperidine rings is 1. The molecule has 1 fully saturated rings. The number of aromatic nitrogens is 2. The normalized spacial score (nSPS) is 17.8. The molecular formula is C12H16F3N3O. The molecule has 1 N–H and O–H groups in total. The van der Waals surface area contributed by atoms with Gasteiger partial charge in [0.25, 0.3) is 0 Å². The van der Waals surface area contributed by atoms with E-state index >= 15 is 0 Å². The molecule has 1 aromatic rings. The lowest BCUT2D eigenvalue weighted by Gasteiger charge is -2.31. The van der Waals surface area contributed by atoms with Crippen molar-refractivity contribution in [2.24, 2.45) is 5.92 Å². The Morgan fingerprint density at radius 1 is 1.21 bits per heavy atom. The molecule has 0 radical (unpaired) electrons. The largest absolute Gasteiger partial charge is 0.419 e. The Kier molecular flexibility index (Phi) is 4.24. The maximum atomic E-state index is 12.4. The fourth-order valence-corrected chi connectivity index (χ4v) is 2.24. The summed E-state index contributed by atoms with van der Waals surface area (Å²) in [6.07, 6.45) is -0.158. The Balaban J connectivity index is 1.97. The number of hydrogen-bond donors (Lipinski definition) is 1. The van der Waals surface area contributed by atoms with Gasteiger partial charge in [-0.05, 0) is 25.2 Å². The molecule has 1 aromatic heterocycles. The maximum absolute atomic E-state index is 12.4. The molecular weight excluding hydrogens is 259 g/mol. The zero-order valence-electron chi connectivity index (χ0n) is 10.4. The Morgan fingerprint density at radius 3 is 2.26 bits per heavy atom. The van der Waals surface area contributed by atoms with Crippen LogP contribution in [0.2, 0.25) is 0 Å². The van der Waals surface area contributed by atoms with E-state index in [0.717, 1.165) is 44.7 Å². The monoisotopic (exact) mass is 275 g/mol. The highest BCUT2D eigenvalue weighted by Gasteiger charge is 2.31. The van der Waals surface area contributed by atoms with Gasteiger partial charge in [0, 0.05) is 32.1 Å². The molecule has 1 saturated heterocycles. The van der Waals surface area contributed by atoms with Gasteiger partial charge in [-0.3, -0.25) is 0 Å². The highest BCUT2D eigenvalue weighted by Crippen LogP contribution is 2.29. The third-order valence-corrected chi connectivity index (χ3v) is 3.40. The molecule has 7 heteroatoms. The minimum absolute atomic E-state index is 0.182. The summed E-state index contributed by atoms with van der Waals surface area (Å²) in [6.45, 7) is 1.62. The van der Waals surface area contributed by atoms with E-state index in [2.05, 4.69) is 9.97 Å². The highest BCUT2D eigenvalue weighted by molar-refractivity contribution is 5.31. The van der Waals surface area contributed by atoms with E-state index in [1.54, 1.807) is 0 Å². The lowest BCUT2D eigenvalue weighted by Crippen LogP contribution is -2.35. The predicted molar refractivity (Wildman–Crippen MR) is 63.7 cm³/mol. The van der Waals surface area contributed by atoms with Crippen molar-refractivity contribution in [1.29, 1.82) is 0 Å². The van der Waals surface area contributed by atoms with Gasteiger partial charge in [0.15, 0.2) is 0 Å². The molecule has 0 bridgehead atoms. The second-order valence-corrected chi connectivity index (χ2v) is 4.71. The number of alkyl halides is 3. The van der Waals surface area contributed by atoms with Crippen molar-refractivity contribution < 1.29 is 18.3 Å². The van der Waals surface area contributed by atoms with Crippen molar-refractivity contribution in [1.82, 2.24) is 9.97 Å². The molecule has 1 aliphatic heterocycles. The van der Waals surface area contributed by atoms with Gasteiger partial charge in [-0.2, -0.15) is 13.2 Å². The van der Waals surface area contributed by atoms with Gasteiger partial charge >= 0.3 is 6.18 Å². The highest BCUT2D eigenvalue weighted by atomic mass is 19.4. The van der Waals surface area contributed by atoms with Gasteiger partial charge < -0.3 is 10.0 Å². The smallest absolute Gasteiger partial charge is 0.396 e. The minimum atomic E-state index is -4.40. The van der Waals surface area contributed by atoms with Crippen molar-refractivity contribution in [2.45, 2.75) is 25.4 Å². The van der Waals surface area contributed by atoms with Crippen molar-refractivity contribution in [2.75, 3.05) is 24.6 Å². The van der Waals surface area contributed by atoms with Crippen molar-refractivity contribution in [3.05, 3.63) is 18.0 Å². The molecule has 0 aromatic carbocycles. The fraction of sp³-hybridized carbons (Fsp3) is 0.667. The van der Waals surface area contributed by atoms with Gasteiger partial charge in [0.05, 0.1) is 5.56 Å². The molecule has 19 heavy (non-hydrogen) atoms. The maximum Gasteiger partial charge on any atom is 0.419 e. The molecule has 2 heterocycles. The van der Waals surface area contributed by atoms with Crippen molar-refractivity contribution in [3.63, 3.8) is 0 Å². The average Bonchev–Trinajstić information content (AvgIpc) is 2.39. The van der Waals surface area contributed by atoms with Crippen molar-refractivity contribution in [3.8, 4) is 0 Å². The van der Waals surface area contributed by atoms with Crippen LogP contribution in [0.1, 0.15) is 24.8 Å². The van der Waals surface area contributed by atoms with Crippen LogP contribution >= 0.6 is 0 Å². The first-order chi connectivity index (χ1) is 9.00. The van der Waals surface area contributed by atoms with E-state index in [9.17, 15) is 13.2 Å². The molecule has 0 aliphatic carbocycles. The van der Waals surface area contributed by atoms with E-state index in [0.29, 0.717) is 11.9 Å². The van der Waals surface area contributed by atoms with Crippen LogP contribution in [0.25, 0.3) is 0 Å². The van der Waals surface area contributed by atoms with Crippen LogP contribution in [0.15, 0.2) is 12.4 Å². The Hall–Kier alpha value is -1.37. The molecule has 0 saturated carbocycles. The summed E-state index contributed by atoms with van der Waals surface area (Å²) < 4.78 is 37.1. The van der Waals surface area contributed by atoms with Crippen molar-refractivity contribution >= 4 is 5.95 Å². The van der Waals surface area contributed by atoms with E-state index in [-0.39, 0.29) is 6.61 Å². The molecule has 0 amide bonds. The minimum Gasteiger partial charge on any atom is -0.396 e. The first-order valence-corrected chi connectivity index (χ1v) is 6.25. The van der Waals surface area contributed by atoms with Crippen LogP contribution in [-0.4, -0.2) is 34.8 Å². The van der Waals surface area contributed by atoms with E-state index in [1.807, 2.05) is 4.90 Å². The van der Waals surface area contributed by atoms with E-state index < -0.39 is 11.7 Å². The summed E-state index contributed by atoms with van der Waals surface area (Å²) in [7, 11) is 0. The average molecular weight is 275 g/mol. The zero-order chi connectivity index (χ0) is 13.9. The molecule has 0 atom stereocenters. The number of hydrogen-bond acceptors (Lipinski definition) is 4. The third kappa shape index (κ3) is 3.56. The number of anilines is 1. The first kappa shape index (κ1) is 14.0. The Bertz CT molecular complexity index is 400. The molecule has 4 nitrogen and oxygen atoms in total. The van der Waals surface area contributed by atoms with E-state index in [1.165, 1.54) is 0 Å². The summed E-state index contributed by atoms with van der Waals surface area (Å²) in [6, 6.07) is 0. The summed E-state index contributed by atoms with van der Waals surface area (Å²) in [5.74, 6) is 0.825. The molecule has 2 rings (SSSR count). The van der Waals surface area contributed by atoms with Gasteiger partial charge in [-0.1, -0.05) is 0 Å². The SMILES string of the molecule is OCCC1CCN(c2ncc(C(F)(F)F)cn2)CC1. The molecule has 0 unspecified atom stereocenters. The number of halogens is 3. The topological polar surface area (TPSA) is 49.2 Å². The van der Waals surface area contributed by atoms with Crippen LogP contribution in [0.3, 0.4) is 0 Å². The van der Waals surface area contributed by atoms with Gasteiger partial charge in [0.2, 0.25) is 5.95 Å². The van der Waals surface area contributed by atoms with Crippen LogP contribution in [0.4, 0.5) is 19.1 Å². The third-order valence-electron chi connectivity index (χ3n) is 3.40. The quantitative estimate of drug-likeness (QED) is 0.917.